The number of benzene rings is 3. The maximum Gasteiger partial charge on any atom is 0.174 e. The molecule has 0 amide bonds. The smallest absolute Gasteiger partial charge is 0.174 e. The number of rotatable bonds is 10. The van der Waals surface area contributed by atoms with Gasteiger partial charge in [-0.1, -0.05) is 36.4 Å². The molecule has 0 spiro atoms. The summed E-state index contributed by atoms with van der Waals surface area (Å²) >= 11 is 2.25. The molecular weight excluding hydrogens is 507 g/mol. The van der Waals surface area contributed by atoms with Gasteiger partial charge in [-0.05, 0) is 63.5 Å². The van der Waals surface area contributed by atoms with Crippen LogP contribution in [-0.4, -0.2) is 27.5 Å². The van der Waals surface area contributed by atoms with Gasteiger partial charge in [0.05, 0.1) is 37.7 Å². The van der Waals surface area contributed by atoms with Crippen LogP contribution in [0.1, 0.15) is 16.7 Å². The Morgan fingerprint density at radius 2 is 1.58 bits per heavy atom. The molecule has 0 aliphatic heterocycles. The molecule has 0 saturated heterocycles. The third kappa shape index (κ3) is 6.27. The fourth-order valence-electron chi connectivity index (χ4n) is 2.93. The lowest BCUT2D eigenvalue weighted by Gasteiger charge is -2.13. The second-order valence-electron chi connectivity index (χ2n) is 6.59. The quantitative estimate of drug-likeness (QED) is 0.226. The van der Waals surface area contributed by atoms with Crippen LogP contribution in [0, 0.1) is 3.57 Å². The van der Waals surface area contributed by atoms with E-state index in [2.05, 4.69) is 33.1 Å². The first-order valence-electron chi connectivity index (χ1n) is 9.65. The Hall–Kier alpha value is -2.94. The van der Waals surface area contributed by atoms with Crippen LogP contribution in [0.5, 0.6) is 23.0 Å². The second kappa shape index (κ2) is 11.5. The van der Waals surface area contributed by atoms with Crippen molar-refractivity contribution in [2.45, 2.75) is 13.2 Å². The lowest BCUT2D eigenvalue weighted by Crippen LogP contribution is -2.06. The zero-order valence-electron chi connectivity index (χ0n) is 17.7. The summed E-state index contributed by atoms with van der Waals surface area (Å²) in [6.07, 6.45) is 1.76. The van der Waals surface area contributed by atoms with Gasteiger partial charge in [-0.25, -0.2) is 0 Å². The summed E-state index contributed by atoms with van der Waals surface area (Å²) in [5.74, 6) is 2.79. The van der Waals surface area contributed by atoms with Gasteiger partial charge in [-0.15, -0.1) is 0 Å². The SMILES string of the molecule is COc1ccc(CN/N=C\c2cc(I)c(OCc3ccccc3)c(OC)c2)cc1OC. The van der Waals surface area contributed by atoms with Gasteiger partial charge in [0, 0.05) is 0 Å². The standard InChI is InChI=1S/C24H25IN2O4/c1-28-21-10-9-18(12-22(21)29-2)14-26-27-15-19-11-20(25)24(23(13-19)30-3)31-16-17-7-5-4-6-8-17/h4-13,15,26H,14,16H2,1-3H3/b27-15-. The van der Waals surface area contributed by atoms with E-state index in [1.807, 2.05) is 60.7 Å². The molecule has 0 saturated carbocycles. The number of hydrogen-bond acceptors (Lipinski definition) is 6. The van der Waals surface area contributed by atoms with Crippen molar-refractivity contribution < 1.29 is 18.9 Å². The van der Waals surface area contributed by atoms with Crippen molar-refractivity contribution in [2.75, 3.05) is 21.3 Å². The number of methoxy groups -OCH3 is 3. The van der Waals surface area contributed by atoms with Crippen LogP contribution in [0.25, 0.3) is 0 Å². The van der Waals surface area contributed by atoms with Gasteiger partial charge in [0.25, 0.3) is 0 Å². The van der Waals surface area contributed by atoms with E-state index >= 15 is 0 Å². The van der Waals surface area contributed by atoms with Crippen molar-refractivity contribution in [1.29, 1.82) is 0 Å². The molecule has 0 radical (unpaired) electrons. The third-order valence-electron chi connectivity index (χ3n) is 4.51. The van der Waals surface area contributed by atoms with E-state index in [4.69, 9.17) is 18.9 Å². The molecule has 3 aromatic rings. The van der Waals surface area contributed by atoms with Crippen LogP contribution in [0.2, 0.25) is 0 Å². The van der Waals surface area contributed by atoms with Crippen molar-refractivity contribution >= 4 is 28.8 Å². The normalized spacial score (nSPS) is 10.7. The highest BCUT2D eigenvalue weighted by Crippen LogP contribution is 2.34. The van der Waals surface area contributed by atoms with Gasteiger partial charge >= 0.3 is 0 Å². The maximum atomic E-state index is 6.01. The van der Waals surface area contributed by atoms with Gasteiger partial charge in [0.2, 0.25) is 0 Å². The summed E-state index contributed by atoms with van der Waals surface area (Å²) in [5, 5.41) is 4.33. The Morgan fingerprint density at radius 1 is 0.839 bits per heavy atom. The van der Waals surface area contributed by atoms with Crippen molar-refractivity contribution in [3.05, 3.63) is 80.9 Å². The fraction of sp³-hybridized carbons (Fsp3) is 0.208. The molecular formula is C24H25IN2O4. The number of halogens is 1. The second-order valence-corrected chi connectivity index (χ2v) is 7.75. The van der Waals surface area contributed by atoms with Crippen molar-refractivity contribution in [2.24, 2.45) is 5.10 Å². The van der Waals surface area contributed by atoms with Crippen LogP contribution < -0.4 is 24.4 Å². The molecule has 0 aliphatic carbocycles. The summed E-state index contributed by atoms with van der Waals surface area (Å²) in [6, 6.07) is 19.7. The molecule has 31 heavy (non-hydrogen) atoms. The summed E-state index contributed by atoms with van der Waals surface area (Å²) in [5.41, 5.74) is 6.10. The molecule has 0 aliphatic rings. The number of ether oxygens (including phenoxy) is 4. The maximum absolute atomic E-state index is 6.01. The number of nitrogens with one attached hydrogen (secondary N) is 1. The van der Waals surface area contributed by atoms with Gasteiger partial charge in [-0.2, -0.15) is 5.10 Å². The molecule has 0 aromatic heterocycles. The minimum Gasteiger partial charge on any atom is -0.493 e. The predicted molar refractivity (Wildman–Crippen MR) is 130 cm³/mol. The molecule has 1 N–H and O–H groups in total. The van der Waals surface area contributed by atoms with Gasteiger partial charge in [-0.3, -0.25) is 0 Å². The van der Waals surface area contributed by atoms with Crippen LogP contribution in [0.15, 0.2) is 65.8 Å². The van der Waals surface area contributed by atoms with Crippen molar-refractivity contribution in [3.8, 4) is 23.0 Å². The van der Waals surface area contributed by atoms with E-state index in [0.717, 1.165) is 26.0 Å². The Balaban J connectivity index is 1.63. The molecule has 6 nitrogen and oxygen atoms in total. The van der Waals surface area contributed by atoms with Crippen LogP contribution in [-0.2, 0) is 13.2 Å². The largest absolute Gasteiger partial charge is 0.493 e. The molecule has 7 heteroatoms. The Bertz CT molecular complexity index is 1030. The zero-order valence-corrected chi connectivity index (χ0v) is 19.9. The molecule has 0 bridgehead atoms. The first kappa shape index (κ1) is 22.7. The highest BCUT2D eigenvalue weighted by Gasteiger charge is 2.11. The van der Waals surface area contributed by atoms with Gasteiger partial charge < -0.3 is 24.4 Å². The third-order valence-corrected chi connectivity index (χ3v) is 5.32. The summed E-state index contributed by atoms with van der Waals surface area (Å²) in [6.45, 7) is 1.04. The van der Waals surface area contributed by atoms with E-state index in [-0.39, 0.29) is 0 Å². The van der Waals surface area contributed by atoms with E-state index in [9.17, 15) is 0 Å². The van der Waals surface area contributed by atoms with Crippen LogP contribution >= 0.6 is 22.6 Å². The molecule has 0 fully saturated rings. The minimum absolute atomic E-state index is 0.480. The molecule has 0 unspecified atom stereocenters. The fourth-order valence-corrected chi connectivity index (χ4v) is 3.71. The predicted octanol–water partition coefficient (Wildman–Crippen LogP) is 5.02. The lowest BCUT2D eigenvalue weighted by molar-refractivity contribution is 0.282. The molecule has 0 heterocycles. The topological polar surface area (TPSA) is 61.3 Å². The average molecular weight is 532 g/mol. The number of hydrogen-bond donors (Lipinski definition) is 1. The van der Waals surface area contributed by atoms with E-state index in [1.165, 1.54) is 0 Å². The van der Waals surface area contributed by atoms with E-state index in [1.54, 1.807) is 27.5 Å². The van der Waals surface area contributed by atoms with Crippen molar-refractivity contribution in [3.63, 3.8) is 0 Å². The highest BCUT2D eigenvalue weighted by molar-refractivity contribution is 14.1. The molecule has 3 rings (SSSR count). The number of hydrazone groups is 1. The van der Waals surface area contributed by atoms with E-state index < -0.39 is 0 Å². The van der Waals surface area contributed by atoms with Gasteiger partial charge in [0.15, 0.2) is 23.0 Å². The van der Waals surface area contributed by atoms with Crippen molar-refractivity contribution in [1.82, 2.24) is 5.43 Å². The zero-order chi connectivity index (χ0) is 22.1. The average Bonchev–Trinajstić information content (AvgIpc) is 2.81. The lowest BCUT2D eigenvalue weighted by atomic mass is 10.2. The molecule has 0 atom stereocenters. The summed E-state index contributed by atoms with van der Waals surface area (Å²) in [7, 11) is 4.88. The van der Waals surface area contributed by atoms with Crippen LogP contribution in [0.3, 0.4) is 0 Å². The molecule has 162 valence electrons. The highest BCUT2D eigenvalue weighted by atomic mass is 127. The van der Waals surface area contributed by atoms with E-state index in [0.29, 0.717) is 30.4 Å². The van der Waals surface area contributed by atoms with Gasteiger partial charge in [0.1, 0.15) is 6.61 Å². The molecule has 3 aromatic carbocycles. The number of nitrogens with zero attached hydrogens (tertiary/aromatic N) is 1. The van der Waals surface area contributed by atoms with Crippen LogP contribution in [0.4, 0.5) is 0 Å². The Morgan fingerprint density at radius 3 is 2.29 bits per heavy atom. The first-order valence-corrected chi connectivity index (χ1v) is 10.7. The Kier molecular flexibility index (Phi) is 8.40. The summed E-state index contributed by atoms with van der Waals surface area (Å²) in [4.78, 5) is 0. The Labute approximate surface area is 196 Å². The monoisotopic (exact) mass is 532 g/mol. The minimum atomic E-state index is 0.480. The first-order chi connectivity index (χ1) is 15.1. The summed E-state index contributed by atoms with van der Waals surface area (Å²) < 4.78 is 23.1.